The van der Waals surface area contributed by atoms with Crippen molar-refractivity contribution in [3.8, 4) is 11.1 Å². The molecule has 7 nitrogen and oxygen atoms in total. The van der Waals surface area contributed by atoms with Crippen LogP contribution in [-0.2, 0) is 9.53 Å². The molecule has 2 aromatic heterocycles. The number of fused-ring (bicyclic) bond motifs is 1. The van der Waals surface area contributed by atoms with E-state index in [2.05, 4.69) is 28.2 Å². The summed E-state index contributed by atoms with van der Waals surface area (Å²) in [4.78, 5) is 31.8. The summed E-state index contributed by atoms with van der Waals surface area (Å²) in [6, 6.07) is 15.8. The van der Waals surface area contributed by atoms with Gasteiger partial charge >= 0.3 is 0 Å². The van der Waals surface area contributed by atoms with E-state index in [0.717, 1.165) is 59.4 Å². The largest absolute Gasteiger partial charge is 0.451 e. The lowest BCUT2D eigenvalue weighted by molar-refractivity contribution is -0.113. The van der Waals surface area contributed by atoms with Crippen molar-refractivity contribution in [1.82, 2.24) is 4.98 Å². The second-order valence-electron chi connectivity index (χ2n) is 11.7. The summed E-state index contributed by atoms with van der Waals surface area (Å²) in [5.74, 6) is 1.12. The van der Waals surface area contributed by atoms with E-state index in [1.54, 1.807) is 25.3 Å². The van der Waals surface area contributed by atoms with E-state index >= 15 is 0 Å². The van der Waals surface area contributed by atoms with Gasteiger partial charge in [0.15, 0.2) is 11.5 Å². The monoisotopic (exact) mass is 593 g/mol. The van der Waals surface area contributed by atoms with Gasteiger partial charge in [-0.15, -0.1) is 0 Å². The van der Waals surface area contributed by atoms with Crippen molar-refractivity contribution >= 4 is 34.2 Å². The molecule has 6 rings (SSSR count). The number of amides is 1. The maximum Gasteiger partial charge on any atom is 0.291 e. The van der Waals surface area contributed by atoms with Crippen LogP contribution in [0, 0.1) is 24.6 Å². The molecule has 1 aliphatic heterocycles. The third kappa shape index (κ3) is 6.36. The van der Waals surface area contributed by atoms with Crippen molar-refractivity contribution in [2.75, 3.05) is 29.9 Å². The Morgan fingerprint density at radius 3 is 2.52 bits per heavy atom. The van der Waals surface area contributed by atoms with Crippen LogP contribution in [0.3, 0.4) is 0 Å². The second-order valence-corrected chi connectivity index (χ2v) is 11.7. The quantitative estimate of drug-likeness (QED) is 0.228. The molecule has 3 heterocycles. The third-order valence-corrected chi connectivity index (χ3v) is 8.67. The maximum atomic E-state index is 13.4. The van der Waals surface area contributed by atoms with E-state index in [-0.39, 0.29) is 35.3 Å². The summed E-state index contributed by atoms with van der Waals surface area (Å²) in [7, 11) is 0. The fraction of sp³-hybridized carbons (Fsp3) is 0.306. The van der Waals surface area contributed by atoms with Gasteiger partial charge in [-0.2, -0.15) is 0 Å². The minimum absolute atomic E-state index is 0.0901. The predicted molar refractivity (Wildman–Crippen MR) is 170 cm³/mol. The number of carbonyl (C=O) groups is 2. The number of hydrogen-bond donors (Lipinski definition) is 1. The number of ether oxygens (including phenoxy) is 1. The van der Waals surface area contributed by atoms with Gasteiger partial charge in [0, 0.05) is 35.5 Å². The number of benzene rings is 2. The molecule has 226 valence electrons. The molecule has 44 heavy (non-hydrogen) atoms. The number of carbonyl (C=O) groups excluding carboxylic acids is 2. The number of pyridine rings is 1. The van der Waals surface area contributed by atoms with E-state index in [4.69, 9.17) is 9.15 Å². The van der Waals surface area contributed by atoms with Crippen molar-refractivity contribution < 1.29 is 23.1 Å². The second kappa shape index (κ2) is 12.6. The normalized spacial score (nSPS) is 18.8. The van der Waals surface area contributed by atoms with E-state index in [0.29, 0.717) is 23.8 Å². The number of hydrogen-bond acceptors (Lipinski definition) is 6. The third-order valence-electron chi connectivity index (χ3n) is 8.67. The Labute approximate surface area is 256 Å². The van der Waals surface area contributed by atoms with Crippen LogP contribution in [0.2, 0.25) is 0 Å². The van der Waals surface area contributed by atoms with E-state index in [1.165, 1.54) is 12.1 Å². The summed E-state index contributed by atoms with van der Waals surface area (Å²) in [5, 5.41) is 3.74. The van der Waals surface area contributed by atoms with E-state index in [9.17, 15) is 14.0 Å². The average Bonchev–Trinajstić information content (AvgIpc) is 3.37. The van der Waals surface area contributed by atoms with Gasteiger partial charge < -0.3 is 19.4 Å². The Bertz CT molecular complexity index is 1730. The molecule has 0 saturated carbocycles. The number of piperidine rings is 1. The van der Waals surface area contributed by atoms with Crippen LogP contribution in [0.1, 0.15) is 42.8 Å². The van der Waals surface area contributed by atoms with Crippen LogP contribution >= 0.6 is 0 Å². The van der Waals surface area contributed by atoms with Gasteiger partial charge in [-0.1, -0.05) is 43.4 Å². The molecule has 8 heteroatoms. The Balaban J connectivity index is 1.03. The maximum absolute atomic E-state index is 13.4. The number of ketones is 1. The van der Waals surface area contributed by atoms with Crippen molar-refractivity contribution in [2.45, 2.75) is 39.7 Å². The zero-order chi connectivity index (χ0) is 30.8. The molecule has 0 bridgehead atoms. The predicted octanol–water partition coefficient (Wildman–Crippen LogP) is 7.52. The highest BCUT2D eigenvalue weighted by molar-refractivity contribution is 6.06. The first-order chi connectivity index (χ1) is 21.2. The number of anilines is 2. The first-order valence-corrected chi connectivity index (χ1v) is 15.1. The summed E-state index contributed by atoms with van der Waals surface area (Å²) in [5.41, 5.74) is 4.50. The van der Waals surface area contributed by atoms with Gasteiger partial charge in [0.2, 0.25) is 0 Å². The smallest absolute Gasteiger partial charge is 0.291 e. The lowest BCUT2D eigenvalue weighted by atomic mass is 9.86. The molecule has 2 aromatic carbocycles. The Morgan fingerprint density at radius 2 is 1.82 bits per heavy atom. The molecule has 2 atom stereocenters. The van der Waals surface area contributed by atoms with Crippen molar-refractivity contribution in [1.29, 1.82) is 0 Å². The molecular weight excluding hydrogens is 557 g/mol. The fourth-order valence-electron chi connectivity index (χ4n) is 5.86. The van der Waals surface area contributed by atoms with Crippen LogP contribution in [-0.4, -0.2) is 42.5 Å². The van der Waals surface area contributed by atoms with Crippen molar-refractivity contribution in [2.24, 2.45) is 11.8 Å². The van der Waals surface area contributed by atoms with Crippen molar-refractivity contribution in [3.63, 3.8) is 0 Å². The molecule has 4 aromatic rings. The van der Waals surface area contributed by atoms with Gasteiger partial charge in [0.25, 0.3) is 5.91 Å². The number of aromatic nitrogens is 1. The highest BCUT2D eigenvalue weighted by Crippen LogP contribution is 2.31. The van der Waals surface area contributed by atoms with E-state index < -0.39 is 0 Å². The first kappa shape index (κ1) is 29.5. The van der Waals surface area contributed by atoms with Crippen LogP contribution in [0.15, 0.2) is 89.0 Å². The molecule has 1 amide bonds. The Kier molecular flexibility index (Phi) is 8.44. The Hall–Kier alpha value is -4.56. The van der Waals surface area contributed by atoms with Crippen molar-refractivity contribution in [3.05, 3.63) is 102 Å². The number of rotatable bonds is 8. The van der Waals surface area contributed by atoms with Gasteiger partial charge in [0.05, 0.1) is 24.6 Å². The number of allylic oxidation sites excluding steroid dienone is 3. The zero-order valence-electron chi connectivity index (χ0n) is 25.2. The molecule has 1 N–H and O–H groups in total. The molecule has 1 saturated heterocycles. The minimum Gasteiger partial charge on any atom is -0.451 e. The summed E-state index contributed by atoms with van der Waals surface area (Å²) < 4.78 is 25.5. The molecule has 0 radical (unpaired) electrons. The highest BCUT2D eigenvalue weighted by Gasteiger charge is 2.25. The molecule has 2 aliphatic rings. The highest BCUT2D eigenvalue weighted by atomic mass is 19.1. The number of Topliss-reactive ketones (excluding diaryl/α,β-unsaturated/α-hetero) is 1. The summed E-state index contributed by atoms with van der Waals surface area (Å²) in [6.07, 6.45) is 9.69. The molecule has 1 fully saturated rings. The molecule has 1 aliphatic carbocycles. The SMILES string of the molecule is CC(=O)C1=C[C@@H](COC2CCN(c3ccc(NC(=O)c4oc5ccc(-c6ccc(F)cc6)cc5c4C)cn3)CC2)C(C)C=C1. The molecular formula is C36H36FN3O4. The summed E-state index contributed by atoms with van der Waals surface area (Å²) in [6.45, 7) is 7.88. The number of furan rings is 1. The number of nitrogens with one attached hydrogen (secondary N) is 1. The number of nitrogens with zero attached hydrogens (tertiary/aromatic N) is 2. The van der Waals surface area contributed by atoms with E-state index in [1.807, 2.05) is 49.4 Å². The lowest BCUT2D eigenvalue weighted by Crippen LogP contribution is -2.38. The Morgan fingerprint density at radius 1 is 1.07 bits per heavy atom. The first-order valence-electron chi connectivity index (χ1n) is 15.1. The van der Waals surface area contributed by atoms with Crippen LogP contribution < -0.4 is 10.2 Å². The summed E-state index contributed by atoms with van der Waals surface area (Å²) >= 11 is 0. The standard InChI is InChI=1S/C36H36FN3O4/c1-22-4-5-26(24(3)41)18-28(22)21-43-31-14-16-40(17-15-31)34-13-11-30(20-38-34)39-36(42)35-23(2)32-19-27(8-12-33(32)44-35)25-6-9-29(37)10-7-25/h4-13,18-20,22,28,31H,14-17,21H2,1-3H3,(H,39,42)/t22?,28-/m0/s1. The zero-order valence-corrected chi connectivity index (χ0v) is 25.2. The minimum atomic E-state index is -0.345. The number of aryl methyl sites for hydroxylation is 1. The van der Waals surface area contributed by atoms with Gasteiger partial charge in [0.1, 0.15) is 17.2 Å². The van der Waals surface area contributed by atoms with Crippen LogP contribution in [0.5, 0.6) is 0 Å². The van der Waals surface area contributed by atoms with Gasteiger partial charge in [-0.3, -0.25) is 9.59 Å². The van der Waals surface area contributed by atoms with Crippen LogP contribution in [0.25, 0.3) is 22.1 Å². The fourth-order valence-corrected chi connectivity index (χ4v) is 5.86. The van der Waals surface area contributed by atoms with Gasteiger partial charge in [-0.25, -0.2) is 9.37 Å². The topological polar surface area (TPSA) is 84.7 Å². The van der Waals surface area contributed by atoms with Gasteiger partial charge in [-0.05, 0) is 80.1 Å². The molecule has 1 unspecified atom stereocenters. The number of halogens is 1. The van der Waals surface area contributed by atoms with Crippen LogP contribution in [0.4, 0.5) is 15.9 Å². The lowest BCUT2D eigenvalue weighted by Gasteiger charge is -2.34. The molecule has 0 spiro atoms. The average molecular weight is 594 g/mol.